The highest BCUT2D eigenvalue weighted by molar-refractivity contribution is 5.98. The van der Waals surface area contributed by atoms with Gasteiger partial charge in [0, 0.05) is 17.2 Å². The lowest BCUT2D eigenvalue weighted by Gasteiger charge is -2.15. The molecule has 8 nitrogen and oxygen atoms in total. The molecule has 0 saturated carbocycles. The molecule has 4 N–H and O–H groups in total. The molecule has 0 heterocycles. The Balaban J connectivity index is 1.44. The van der Waals surface area contributed by atoms with Gasteiger partial charge in [-0.3, -0.25) is 10.1 Å². The minimum Gasteiger partial charge on any atom is -0.480 e. The van der Waals surface area contributed by atoms with Crippen LogP contribution in [0.2, 0.25) is 0 Å². The zero-order valence-electron chi connectivity index (χ0n) is 17.8. The van der Waals surface area contributed by atoms with Gasteiger partial charge >= 0.3 is 12.1 Å². The molecule has 9 heteroatoms. The summed E-state index contributed by atoms with van der Waals surface area (Å²) < 4.78 is 19.5. The van der Waals surface area contributed by atoms with E-state index in [0.29, 0.717) is 0 Å². The average molecular weight is 464 g/mol. The third kappa shape index (κ3) is 4.74. The Morgan fingerprint density at radius 1 is 0.971 bits per heavy atom. The third-order valence-corrected chi connectivity index (χ3v) is 5.54. The van der Waals surface area contributed by atoms with Crippen LogP contribution in [0.1, 0.15) is 27.4 Å². The zero-order chi connectivity index (χ0) is 24.2. The Bertz CT molecular complexity index is 1220. The van der Waals surface area contributed by atoms with Gasteiger partial charge in [0.1, 0.15) is 12.4 Å². The molecular weight excluding hydrogens is 443 g/mol. The SMILES string of the molecule is O=C(Nc1cc(F)cc(C(=O)N[C@@H](CO)C(=O)O)c1)OCC1c2ccccc2-c2ccccc21. The number of rotatable bonds is 7. The number of carbonyl (C=O) groups is 3. The van der Waals surface area contributed by atoms with Gasteiger partial charge in [-0.15, -0.1) is 0 Å². The van der Waals surface area contributed by atoms with Crippen molar-refractivity contribution in [2.24, 2.45) is 0 Å². The van der Waals surface area contributed by atoms with Crippen LogP contribution in [0.3, 0.4) is 0 Å². The Labute approximate surface area is 194 Å². The first-order valence-corrected chi connectivity index (χ1v) is 10.4. The highest BCUT2D eigenvalue weighted by Crippen LogP contribution is 2.44. The maximum atomic E-state index is 14.0. The normalized spacial score (nSPS) is 12.9. The number of hydrogen-bond donors (Lipinski definition) is 4. The molecule has 0 spiro atoms. The van der Waals surface area contributed by atoms with E-state index in [-0.39, 0.29) is 23.8 Å². The van der Waals surface area contributed by atoms with Crippen molar-refractivity contribution in [3.05, 3.63) is 89.2 Å². The molecule has 34 heavy (non-hydrogen) atoms. The topological polar surface area (TPSA) is 125 Å². The second-order valence-corrected chi connectivity index (χ2v) is 7.73. The van der Waals surface area contributed by atoms with Crippen LogP contribution in [0.15, 0.2) is 66.7 Å². The first kappa shape index (κ1) is 22.9. The molecule has 0 aliphatic heterocycles. The third-order valence-electron chi connectivity index (χ3n) is 5.54. The van der Waals surface area contributed by atoms with Crippen molar-refractivity contribution in [1.82, 2.24) is 5.32 Å². The molecule has 0 aromatic heterocycles. The number of carboxylic acid groups (broad SMARTS) is 1. The Kier molecular flexibility index (Phi) is 6.55. The summed E-state index contributed by atoms with van der Waals surface area (Å²) in [6.07, 6.45) is -0.836. The maximum absolute atomic E-state index is 14.0. The first-order valence-electron chi connectivity index (χ1n) is 10.4. The lowest BCUT2D eigenvalue weighted by molar-refractivity contribution is -0.140. The van der Waals surface area contributed by atoms with E-state index < -0.39 is 36.4 Å². The monoisotopic (exact) mass is 464 g/mol. The van der Waals surface area contributed by atoms with E-state index in [4.69, 9.17) is 14.9 Å². The number of carboxylic acids is 1. The van der Waals surface area contributed by atoms with Crippen molar-refractivity contribution in [1.29, 1.82) is 0 Å². The van der Waals surface area contributed by atoms with Crippen molar-refractivity contribution in [2.75, 3.05) is 18.5 Å². The molecular formula is C25H21FN2O6. The van der Waals surface area contributed by atoms with Crippen LogP contribution in [0.5, 0.6) is 0 Å². The Morgan fingerprint density at radius 3 is 2.18 bits per heavy atom. The summed E-state index contributed by atoms with van der Waals surface area (Å²) >= 11 is 0. The van der Waals surface area contributed by atoms with E-state index in [1.165, 1.54) is 6.07 Å². The quantitative estimate of drug-likeness (QED) is 0.425. The number of aliphatic hydroxyl groups is 1. The van der Waals surface area contributed by atoms with Gasteiger partial charge in [-0.2, -0.15) is 0 Å². The number of fused-ring (bicyclic) bond motifs is 3. The fourth-order valence-electron chi connectivity index (χ4n) is 3.97. The van der Waals surface area contributed by atoms with E-state index in [2.05, 4.69) is 10.6 Å². The van der Waals surface area contributed by atoms with Gasteiger partial charge in [0.05, 0.1) is 6.61 Å². The molecule has 1 aliphatic carbocycles. The summed E-state index contributed by atoms with van der Waals surface area (Å²) in [6.45, 7) is -0.777. The second kappa shape index (κ2) is 9.72. The van der Waals surface area contributed by atoms with Gasteiger partial charge in [0.2, 0.25) is 0 Å². The van der Waals surface area contributed by atoms with Gasteiger partial charge < -0.3 is 20.3 Å². The number of aliphatic carboxylic acids is 1. The van der Waals surface area contributed by atoms with Crippen LogP contribution < -0.4 is 10.6 Å². The van der Waals surface area contributed by atoms with Gasteiger partial charge in [0.25, 0.3) is 5.91 Å². The van der Waals surface area contributed by atoms with Crippen LogP contribution in [0.4, 0.5) is 14.9 Å². The molecule has 0 saturated heterocycles. The standard InChI is InChI=1S/C25H21FN2O6/c26-15-9-14(23(30)28-22(12-29)24(31)32)10-16(11-15)27-25(33)34-13-21-19-7-3-1-5-17(19)18-6-2-4-8-20(18)21/h1-11,21-22,29H,12-13H2,(H,27,33)(H,28,30)(H,31,32)/t22-/m0/s1. The number of carbonyl (C=O) groups excluding carboxylic acids is 2. The number of amides is 2. The van der Waals surface area contributed by atoms with Gasteiger partial charge in [0.15, 0.2) is 6.04 Å². The number of nitrogens with one attached hydrogen (secondary N) is 2. The highest BCUT2D eigenvalue weighted by atomic mass is 19.1. The van der Waals surface area contributed by atoms with E-state index in [9.17, 15) is 18.8 Å². The number of halogens is 1. The van der Waals surface area contributed by atoms with Crippen molar-refractivity contribution in [2.45, 2.75) is 12.0 Å². The smallest absolute Gasteiger partial charge is 0.411 e. The highest BCUT2D eigenvalue weighted by Gasteiger charge is 2.29. The maximum Gasteiger partial charge on any atom is 0.411 e. The molecule has 0 fully saturated rings. The predicted octanol–water partition coefficient (Wildman–Crippen LogP) is 3.36. The van der Waals surface area contributed by atoms with Gasteiger partial charge in [-0.05, 0) is 40.5 Å². The van der Waals surface area contributed by atoms with Crippen LogP contribution in [-0.2, 0) is 9.53 Å². The van der Waals surface area contributed by atoms with Crippen molar-refractivity contribution in [3.8, 4) is 11.1 Å². The van der Waals surface area contributed by atoms with Crippen molar-refractivity contribution >= 4 is 23.7 Å². The largest absolute Gasteiger partial charge is 0.480 e. The molecule has 3 aromatic rings. The summed E-state index contributed by atoms with van der Waals surface area (Å²) in [4.78, 5) is 35.7. The molecule has 2 amide bonds. The molecule has 1 atom stereocenters. The summed E-state index contributed by atoms with van der Waals surface area (Å²) in [5, 5.41) is 22.5. The first-order chi connectivity index (χ1) is 16.4. The zero-order valence-corrected chi connectivity index (χ0v) is 17.8. The van der Waals surface area contributed by atoms with Crippen molar-refractivity contribution in [3.63, 3.8) is 0 Å². The van der Waals surface area contributed by atoms with E-state index >= 15 is 0 Å². The summed E-state index contributed by atoms with van der Waals surface area (Å²) in [5.41, 5.74) is 3.97. The van der Waals surface area contributed by atoms with Gasteiger partial charge in [-0.1, -0.05) is 48.5 Å². The molecule has 0 unspecified atom stereocenters. The average Bonchev–Trinajstić information content (AvgIpc) is 3.14. The fraction of sp³-hybridized carbons (Fsp3) is 0.160. The lowest BCUT2D eigenvalue weighted by atomic mass is 9.98. The number of hydrogen-bond acceptors (Lipinski definition) is 5. The van der Waals surface area contributed by atoms with E-state index in [1.54, 1.807) is 0 Å². The Hall–Kier alpha value is -4.24. The molecule has 0 bridgehead atoms. The van der Waals surface area contributed by atoms with E-state index in [1.807, 2.05) is 48.5 Å². The number of aliphatic hydroxyl groups excluding tert-OH is 1. The molecule has 0 radical (unpaired) electrons. The predicted molar refractivity (Wildman–Crippen MR) is 121 cm³/mol. The lowest BCUT2D eigenvalue weighted by Crippen LogP contribution is -2.43. The second-order valence-electron chi connectivity index (χ2n) is 7.73. The molecule has 4 rings (SSSR count). The Morgan fingerprint density at radius 2 is 1.59 bits per heavy atom. The van der Waals surface area contributed by atoms with Crippen LogP contribution in [-0.4, -0.2) is 47.4 Å². The van der Waals surface area contributed by atoms with Crippen LogP contribution in [0.25, 0.3) is 11.1 Å². The summed E-state index contributed by atoms with van der Waals surface area (Å²) in [6, 6.07) is 17.2. The van der Waals surface area contributed by atoms with Crippen LogP contribution >= 0.6 is 0 Å². The minimum atomic E-state index is -1.55. The number of anilines is 1. The fourth-order valence-corrected chi connectivity index (χ4v) is 3.97. The number of ether oxygens (including phenoxy) is 1. The molecule has 1 aliphatic rings. The van der Waals surface area contributed by atoms with E-state index in [0.717, 1.165) is 34.4 Å². The minimum absolute atomic E-state index is 0.0433. The summed E-state index contributed by atoms with van der Waals surface area (Å²) in [7, 11) is 0. The van der Waals surface area contributed by atoms with Crippen LogP contribution in [0, 0.1) is 5.82 Å². The molecule has 3 aromatic carbocycles. The number of benzene rings is 3. The molecule has 174 valence electrons. The van der Waals surface area contributed by atoms with Gasteiger partial charge in [-0.25, -0.2) is 14.0 Å². The van der Waals surface area contributed by atoms with Crippen molar-refractivity contribution < 1.29 is 33.7 Å². The summed E-state index contributed by atoms with van der Waals surface area (Å²) in [5.74, 6) is -3.34.